The van der Waals surface area contributed by atoms with Gasteiger partial charge in [-0.2, -0.15) is 0 Å². The molecule has 8 unspecified atom stereocenters. The summed E-state index contributed by atoms with van der Waals surface area (Å²) in [4.78, 5) is 50.8. The summed E-state index contributed by atoms with van der Waals surface area (Å²) in [6.45, 7) is 12.2. The molecule has 2 saturated carbocycles. The average molecular weight is 503 g/mol. The molecule has 3 aliphatic heterocycles. The molecule has 9 nitrogen and oxygen atoms in total. The van der Waals surface area contributed by atoms with Gasteiger partial charge in [0, 0.05) is 40.7 Å². The van der Waals surface area contributed by atoms with Gasteiger partial charge in [0.25, 0.3) is 0 Å². The van der Waals surface area contributed by atoms with Crippen molar-refractivity contribution in [2.45, 2.75) is 83.9 Å². The van der Waals surface area contributed by atoms with E-state index in [0.717, 1.165) is 5.57 Å². The number of cyclic esters (lactones) is 2. The van der Waals surface area contributed by atoms with Crippen LogP contribution in [-0.2, 0) is 38.1 Å². The fourth-order valence-electron chi connectivity index (χ4n) is 8.08. The molecule has 196 valence electrons. The highest BCUT2D eigenvalue weighted by Crippen LogP contribution is 2.70. The second kappa shape index (κ2) is 7.74. The number of ketones is 1. The first-order valence-electron chi connectivity index (χ1n) is 12.5. The molecule has 2 bridgehead atoms. The van der Waals surface area contributed by atoms with Crippen molar-refractivity contribution in [3.63, 3.8) is 0 Å². The Hall–Kier alpha value is -2.52. The molecule has 5 rings (SSSR count). The lowest BCUT2D eigenvalue weighted by Gasteiger charge is -2.70. The van der Waals surface area contributed by atoms with Crippen LogP contribution in [0.5, 0.6) is 0 Å². The molecule has 3 heterocycles. The Bertz CT molecular complexity index is 1100. The third kappa shape index (κ3) is 3.02. The third-order valence-corrected chi connectivity index (χ3v) is 10.2. The number of aliphatic hydroxyl groups is 1. The van der Waals surface area contributed by atoms with Gasteiger partial charge in [-0.15, -0.1) is 0 Å². The first-order chi connectivity index (χ1) is 16.7. The minimum atomic E-state index is -1.51. The molecule has 0 aromatic carbocycles. The zero-order valence-corrected chi connectivity index (χ0v) is 21.4. The molecule has 1 spiro atoms. The first-order valence-corrected chi connectivity index (χ1v) is 12.5. The van der Waals surface area contributed by atoms with E-state index in [1.165, 1.54) is 13.2 Å². The van der Waals surface area contributed by atoms with Crippen molar-refractivity contribution in [1.29, 1.82) is 0 Å². The van der Waals surface area contributed by atoms with E-state index in [-0.39, 0.29) is 48.4 Å². The number of hydrogen-bond donors (Lipinski definition) is 1. The molecule has 9 heteroatoms. The van der Waals surface area contributed by atoms with Gasteiger partial charge in [0.15, 0.2) is 0 Å². The lowest BCUT2D eigenvalue weighted by molar-refractivity contribution is -0.294. The Kier molecular flexibility index (Phi) is 5.41. The Labute approximate surface area is 210 Å². The summed E-state index contributed by atoms with van der Waals surface area (Å²) in [5.41, 5.74) is -2.48. The Morgan fingerprint density at radius 2 is 1.89 bits per heavy atom. The highest BCUT2D eigenvalue weighted by atomic mass is 16.6. The number of esters is 3. The zero-order valence-electron chi connectivity index (χ0n) is 21.4. The van der Waals surface area contributed by atoms with Gasteiger partial charge in [0.05, 0.1) is 19.6 Å². The molecular weight excluding hydrogens is 468 g/mol. The van der Waals surface area contributed by atoms with Gasteiger partial charge < -0.3 is 24.1 Å². The number of methoxy groups -OCH3 is 1. The standard InChI is InChI=1S/C27H34O9/c1-13-15-7-8-25(4)22(14-9-20(30)35-23(14)32)34-21(31)12-27(13,25)36-18-11-17(28)24(2,3)16(26(15,18)5)10-19(29)33-6/h9,15-16,18,22-23,32H,1,7-8,10-12H2,2-6H3. The molecule has 0 aromatic rings. The van der Waals surface area contributed by atoms with Gasteiger partial charge in [0.2, 0.25) is 6.29 Å². The second-order valence-corrected chi connectivity index (χ2v) is 12.0. The largest absolute Gasteiger partial charge is 0.469 e. The summed E-state index contributed by atoms with van der Waals surface area (Å²) in [6.07, 6.45) is -0.510. The van der Waals surface area contributed by atoms with Crippen LogP contribution in [0, 0.1) is 28.1 Å². The number of aliphatic hydroxyl groups excluding tert-OH is 1. The number of fused-ring (bicyclic) bond motifs is 3. The molecule has 5 aliphatic rings. The van der Waals surface area contributed by atoms with Crippen LogP contribution in [0.1, 0.15) is 59.8 Å². The number of Topliss-reactive ketones (excluding diaryl/α,β-unsaturated/α-hetero) is 1. The molecule has 0 amide bonds. The van der Waals surface area contributed by atoms with Crippen molar-refractivity contribution in [3.05, 3.63) is 23.8 Å². The van der Waals surface area contributed by atoms with Gasteiger partial charge in [0.1, 0.15) is 17.5 Å². The van der Waals surface area contributed by atoms with Crippen molar-refractivity contribution in [3.8, 4) is 0 Å². The second-order valence-electron chi connectivity index (χ2n) is 12.0. The minimum Gasteiger partial charge on any atom is -0.469 e. The van der Waals surface area contributed by atoms with Crippen LogP contribution in [0.2, 0.25) is 0 Å². The van der Waals surface area contributed by atoms with Crippen molar-refractivity contribution < 1.29 is 43.2 Å². The van der Waals surface area contributed by atoms with Crippen LogP contribution in [0.25, 0.3) is 0 Å². The number of carbonyl (C=O) groups excluding carboxylic acids is 4. The maximum atomic E-state index is 13.4. The highest BCUT2D eigenvalue weighted by molar-refractivity contribution is 5.88. The van der Waals surface area contributed by atoms with Crippen LogP contribution in [0.15, 0.2) is 23.8 Å². The number of carbonyl (C=O) groups is 4. The summed E-state index contributed by atoms with van der Waals surface area (Å²) in [5, 5.41) is 10.4. The summed E-state index contributed by atoms with van der Waals surface area (Å²) < 4.78 is 22.5. The smallest absolute Gasteiger partial charge is 0.333 e. The van der Waals surface area contributed by atoms with E-state index < -0.39 is 52.3 Å². The molecule has 2 saturated heterocycles. The Morgan fingerprint density at radius 1 is 1.19 bits per heavy atom. The fraction of sp³-hybridized carbons (Fsp3) is 0.704. The lowest BCUT2D eigenvalue weighted by Crippen LogP contribution is -2.74. The average Bonchev–Trinajstić information content (AvgIpc) is 3.13. The van der Waals surface area contributed by atoms with Gasteiger partial charge in [-0.25, -0.2) is 4.79 Å². The van der Waals surface area contributed by atoms with Gasteiger partial charge >= 0.3 is 17.9 Å². The van der Waals surface area contributed by atoms with E-state index in [1.54, 1.807) is 0 Å². The molecular formula is C27H34O9. The third-order valence-electron chi connectivity index (χ3n) is 10.2. The molecule has 0 aromatic heterocycles. The predicted molar refractivity (Wildman–Crippen MR) is 124 cm³/mol. The van der Waals surface area contributed by atoms with E-state index in [2.05, 4.69) is 13.5 Å². The van der Waals surface area contributed by atoms with E-state index in [4.69, 9.17) is 18.9 Å². The normalized spacial score (nSPS) is 45.2. The van der Waals surface area contributed by atoms with Crippen LogP contribution in [-0.4, -0.2) is 60.0 Å². The van der Waals surface area contributed by atoms with Crippen molar-refractivity contribution in [2.24, 2.45) is 28.1 Å². The molecule has 2 aliphatic carbocycles. The van der Waals surface area contributed by atoms with Gasteiger partial charge in [-0.3, -0.25) is 14.4 Å². The first kappa shape index (κ1) is 25.1. The Morgan fingerprint density at radius 3 is 2.50 bits per heavy atom. The maximum absolute atomic E-state index is 13.4. The van der Waals surface area contributed by atoms with Crippen LogP contribution in [0.4, 0.5) is 0 Å². The van der Waals surface area contributed by atoms with Crippen molar-refractivity contribution in [1.82, 2.24) is 0 Å². The van der Waals surface area contributed by atoms with E-state index >= 15 is 0 Å². The van der Waals surface area contributed by atoms with Crippen molar-refractivity contribution >= 4 is 23.7 Å². The molecule has 4 fully saturated rings. The minimum absolute atomic E-state index is 0.00887. The van der Waals surface area contributed by atoms with E-state index in [9.17, 15) is 24.3 Å². The predicted octanol–water partition coefficient (Wildman–Crippen LogP) is 2.40. The van der Waals surface area contributed by atoms with E-state index in [0.29, 0.717) is 12.8 Å². The summed E-state index contributed by atoms with van der Waals surface area (Å²) in [7, 11) is 1.34. The van der Waals surface area contributed by atoms with Gasteiger partial charge in [-0.05, 0) is 30.3 Å². The molecule has 36 heavy (non-hydrogen) atoms. The number of rotatable bonds is 3. The summed E-state index contributed by atoms with van der Waals surface area (Å²) in [6, 6.07) is 0. The van der Waals surface area contributed by atoms with Gasteiger partial charge in [-0.1, -0.05) is 34.3 Å². The quantitative estimate of drug-likeness (QED) is 0.352. The van der Waals surface area contributed by atoms with Crippen LogP contribution in [0.3, 0.4) is 0 Å². The monoisotopic (exact) mass is 502 g/mol. The maximum Gasteiger partial charge on any atom is 0.333 e. The van der Waals surface area contributed by atoms with Crippen LogP contribution < -0.4 is 0 Å². The molecule has 1 N–H and O–H groups in total. The fourth-order valence-corrected chi connectivity index (χ4v) is 8.08. The Balaban J connectivity index is 1.62. The lowest BCUT2D eigenvalue weighted by atomic mass is 9.41. The topological polar surface area (TPSA) is 125 Å². The van der Waals surface area contributed by atoms with Crippen molar-refractivity contribution in [2.75, 3.05) is 7.11 Å². The SMILES string of the molecule is C=C1C2CCC3(C)C(C4=CC(=O)OC4O)OC(=O)CC13OC1CC(=O)C(C)(C)C(CC(=O)OC)C12C. The summed E-state index contributed by atoms with van der Waals surface area (Å²) in [5.74, 6) is -2.12. The molecule has 8 atom stereocenters. The zero-order chi connectivity index (χ0) is 26.4. The van der Waals surface area contributed by atoms with E-state index in [1.807, 2.05) is 20.8 Å². The molecule has 0 radical (unpaired) electrons. The summed E-state index contributed by atoms with van der Waals surface area (Å²) >= 11 is 0. The number of hydrogen-bond acceptors (Lipinski definition) is 9. The van der Waals surface area contributed by atoms with Crippen LogP contribution >= 0.6 is 0 Å². The number of ether oxygens (including phenoxy) is 4. The highest BCUT2D eigenvalue weighted by Gasteiger charge is 2.74.